The smallest absolute Gasteiger partial charge is 0.261 e. The summed E-state index contributed by atoms with van der Waals surface area (Å²) in [6.07, 6.45) is 0.391. The van der Waals surface area contributed by atoms with E-state index in [0.717, 1.165) is 0 Å². The molecule has 0 bridgehead atoms. The van der Waals surface area contributed by atoms with E-state index in [9.17, 15) is 19.1 Å². The minimum atomic E-state index is -1.31. The van der Waals surface area contributed by atoms with Crippen LogP contribution in [0.2, 0.25) is 5.02 Å². The van der Waals surface area contributed by atoms with Crippen molar-refractivity contribution in [3.8, 4) is 22.6 Å². The SMILES string of the molecule is COc1ccc(C(C)(O)CCC(=O)c2ccc(OC3CCNC3=O)cc2)cc1-c1ccc(F)c(Cl)c1. The lowest BCUT2D eigenvalue weighted by molar-refractivity contribution is -0.124. The molecular formula is C28H27ClFNO5. The molecule has 3 aromatic carbocycles. The Kier molecular flexibility index (Phi) is 7.62. The Morgan fingerprint density at radius 1 is 1.17 bits per heavy atom. The maximum absolute atomic E-state index is 13.7. The number of carbonyl (C=O) groups excluding carboxylic acids is 2. The van der Waals surface area contributed by atoms with Gasteiger partial charge in [0.2, 0.25) is 0 Å². The Morgan fingerprint density at radius 2 is 1.92 bits per heavy atom. The molecule has 1 aliphatic rings. The second-order valence-corrected chi connectivity index (χ2v) is 9.36. The second kappa shape index (κ2) is 10.7. The van der Waals surface area contributed by atoms with Crippen molar-refractivity contribution in [2.45, 2.75) is 37.9 Å². The molecule has 188 valence electrons. The fraction of sp³-hybridized carbons (Fsp3) is 0.286. The number of nitrogens with one attached hydrogen (secondary N) is 1. The summed E-state index contributed by atoms with van der Waals surface area (Å²) < 4.78 is 24.8. The molecule has 2 N–H and O–H groups in total. The molecule has 0 saturated carbocycles. The van der Waals surface area contributed by atoms with Crippen LogP contribution in [0.5, 0.6) is 11.5 Å². The monoisotopic (exact) mass is 511 g/mol. The molecule has 1 fully saturated rings. The van der Waals surface area contributed by atoms with E-state index >= 15 is 0 Å². The van der Waals surface area contributed by atoms with Crippen molar-refractivity contribution < 1.29 is 28.6 Å². The molecule has 36 heavy (non-hydrogen) atoms. The van der Waals surface area contributed by atoms with Gasteiger partial charge in [-0.2, -0.15) is 0 Å². The van der Waals surface area contributed by atoms with Crippen molar-refractivity contribution in [1.82, 2.24) is 5.32 Å². The van der Waals surface area contributed by atoms with Crippen molar-refractivity contribution in [1.29, 1.82) is 0 Å². The first kappa shape index (κ1) is 25.7. The molecule has 8 heteroatoms. The van der Waals surface area contributed by atoms with Crippen molar-refractivity contribution in [2.75, 3.05) is 13.7 Å². The first-order valence-electron chi connectivity index (χ1n) is 11.6. The quantitative estimate of drug-likeness (QED) is 0.381. The van der Waals surface area contributed by atoms with Crippen molar-refractivity contribution in [2.24, 2.45) is 0 Å². The van der Waals surface area contributed by atoms with E-state index in [1.165, 1.54) is 19.2 Å². The fourth-order valence-electron chi connectivity index (χ4n) is 4.15. The molecule has 1 saturated heterocycles. The van der Waals surface area contributed by atoms with Crippen LogP contribution < -0.4 is 14.8 Å². The van der Waals surface area contributed by atoms with Crippen LogP contribution in [0.25, 0.3) is 11.1 Å². The number of halogens is 2. The lowest BCUT2D eigenvalue weighted by Gasteiger charge is -2.25. The van der Waals surface area contributed by atoms with Gasteiger partial charge in [-0.3, -0.25) is 9.59 Å². The zero-order chi connectivity index (χ0) is 25.9. The maximum atomic E-state index is 13.7. The van der Waals surface area contributed by atoms with E-state index in [1.807, 2.05) is 0 Å². The van der Waals surface area contributed by atoms with Gasteiger partial charge >= 0.3 is 0 Å². The van der Waals surface area contributed by atoms with Crippen LogP contribution >= 0.6 is 11.6 Å². The largest absolute Gasteiger partial charge is 0.496 e. The molecule has 0 aromatic heterocycles. The fourth-order valence-corrected chi connectivity index (χ4v) is 4.33. The summed E-state index contributed by atoms with van der Waals surface area (Å²) in [5.74, 6) is 0.281. The minimum absolute atomic E-state index is 0.0137. The van der Waals surface area contributed by atoms with Gasteiger partial charge in [0.1, 0.15) is 17.3 Å². The first-order valence-corrected chi connectivity index (χ1v) is 12.0. The number of ether oxygens (including phenoxy) is 2. The average Bonchev–Trinajstić information content (AvgIpc) is 3.28. The number of ketones is 1. The van der Waals surface area contributed by atoms with Crippen molar-refractivity contribution >= 4 is 23.3 Å². The topological polar surface area (TPSA) is 84.9 Å². The van der Waals surface area contributed by atoms with E-state index in [4.69, 9.17) is 21.1 Å². The molecule has 1 aliphatic heterocycles. The van der Waals surface area contributed by atoms with Crippen LogP contribution in [0.3, 0.4) is 0 Å². The highest BCUT2D eigenvalue weighted by Crippen LogP contribution is 2.37. The molecule has 1 amide bonds. The predicted molar refractivity (Wildman–Crippen MR) is 135 cm³/mol. The standard InChI is InChI=1S/C28H27ClFNO5/c1-28(34,19-6-10-25(35-2)21(16-19)18-5-9-23(30)22(29)15-18)13-11-24(32)17-3-7-20(8-4-17)36-26-12-14-31-27(26)33/h3-10,15-16,26,34H,11-14H2,1-2H3,(H,31,33). The highest BCUT2D eigenvalue weighted by atomic mass is 35.5. The van der Waals surface area contributed by atoms with Gasteiger partial charge in [0, 0.05) is 30.5 Å². The van der Waals surface area contributed by atoms with Crippen molar-refractivity contribution in [3.63, 3.8) is 0 Å². The average molecular weight is 512 g/mol. The van der Waals surface area contributed by atoms with Crippen LogP contribution in [-0.2, 0) is 10.4 Å². The molecule has 0 spiro atoms. The Labute approximate surface area is 214 Å². The van der Waals surface area contributed by atoms with Gasteiger partial charge in [0.25, 0.3) is 5.91 Å². The lowest BCUT2D eigenvalue weighted by atomic mass is 9.87. The molecule has 2 unspecified atom stereocenters. The number of rotatable bonds is 9. The van der Waals surface area contributed by atoms with Crippen molar-refractivity contribution in [3.05, 3.63) is 82.6 Å². The minimum Gasteiger partial charge on any atom is -0.496 e. The zero-order valence-electron chi connectivity index (χ0n) is 20.0. The summed E-state index contributed by atoms with van der Waals surface area (Å²) in [6.45, 7) is 2.24. The number of methoxy groups -OCH3 is 1. The highest BCUT2D eigenvalue weighted by Gasteiger charge is 2.27. The van der Waals surface area contributed by atoms with Gasteiger partial charge in [0.15, 0.2) is 11.9 Å². The van der Waals surface area contributed by atoms with Crippen LogP contribution in [0.1, 0.15) is 42.1 Å². The Balaban J connectivity index is 1.45. The van der Waals surface area contributed by atoms with E-state index < -0.39 is 17.5 Å². The molecular weight excluding hydrogens is 485 g/mol. The summed E-state index contributed by atoms with van der Waals surface area (Å²) in [6, 6.07) is 16.2. The van der Waals surface area contributed by atoms with E-state index in [-0.39, 0.29) is 29.6 Å². The molecule has 4 rings (SSSR count). The third kappa shape index (κ3) is 5.69. The lowest BCUT2D eigenvalue weighted by Crippen LogP contribution is -2.27. The van der Waals surface area contributed by atoms with Gasteiger partial charge < -0.3 is 19.9 Å². The number of hydrogen-bond donors (Lipinski definition) is 2. The van der Waals surface area contributed by atoms with Crippen LogP contribution in [0, 0.1) is 5.82 Å². The molecule has 2 atom stereocenters. The Hall–Kier alpha value is -3.42. The van der Waals surface area contributed by atoms with Gasteiger partial charge in [-0.1, -0.05) is 23.7 Å². The van der Waals surface area contributed by atoms with E-state index in [1.54, 1.807) is 55.5 Å². The number of carbonyl (C=O) groups is 2. The first-order chi connectivity index (χ1) is 17.2. The third-order valence-corrected chi connectivity index (χ3v) is 6.63. The van der Waals surface area contributed by atoms with Crippen LogP contribution in [0.4, 0.5) is 4.39 Å². The zero-order valence-corrected chi connectivity index (χ0v) is 20.8. The van der Waals surface area contributed by atoms with E-state index in [2.05, 4.69) is 5.32 Å². The maximum Gasteiger partial charge on any atom is 0.261 e. The summed E-state index contributed by atoms with van der Waals surface area (Å²) in [4.78, 5) is 24.5. The highest BCUT2D eigenvalue weighted by molar-refractivity contribution is 6.31. The molecule has 3 aromatic rings. The van der Waals surface area contributed by atoms with Gasteiger partial charge in [-0.15, -0.1) is 0 Å². The van der Waals surface area contributed by atoms with Gasteiger partial charge in [-0.05, 0) is 73.0 Å². The summed E-state index contributed by atoms with van der Waals surface area (Å²) in [5, 5.41) is 13.9. The van der Waals surface area contributed by atoms with E-state index in [0.29, 0.717) is 46.7 Å². The predicted octanol–water partition coefficient (Wildman–Crippen LogP) is 5.29. The number of aliphatic hydroxyl groups is 1. The Morgan fingerprint density at radius 3 is 2.56 bits per heavy atom. The third-order valence-electron chi connectivity index (χ3n) is 6.34. The number of amides is 1. The summed E-state index contributed by atoms with van der Waals surface area (Å²) in [7, 11) is 1.53. The van der Waals surface area contributed by atoms with Gasteiger partial charge in [0.05, 0.1) is 17.7 Å². The molecule has 0 radical (unpaired) electrons. The number of benzene rings is 3. The summed E-state index contributed by atoms with van der Waals surface area (Å²) in [5.41, 5.74) is 1.06. The molecule has 1 heterocycles. The van der Waals surface area contributed by atoms with Crippen LogP contribution in [-0.4, -0.2) is 36.6 Å². The Bertz CT molecular complexity index is 1280. The van der Waals surface area contributed by atoms with Crippen LogP contribution in [0.15, 0.2) is 60.7 Å². The van der Waals surface area contributed by atoms with Gasteiger partial charge in [-0.25, -0.2) is 4.39 Å². The number of Topliss-reactive ketones (excluding diaryl/α,β-unsaturated/α-hetero) is 1. The second-order valence-electron chi connectivity index (χ2n) is 8.95. The molecule has 0 aliphatic carbocycles. The number of hydrogen-bond acceptors (Lipinski definition) is 5. The summed E-state index contributed by atoms with van der Waals surface area (Å²) >= 11 is 5.96. The normalized spacial score (nSPS) is 16.8. The molecule has 6 nitrogen and oxygen atoms in total.